The quantitative estimate of drug-likeness (QED) is 0.510. The zero-order valence-corrected chi connectivity index (χ0v) is 14.2. The molecule has 126 valence electrons. The van der Waals surface area contributed by atoms with E-state index in [1.807, 2.05) is 13.8 Å². The van der Waals surface area contributed by atoms with Gasteiger partial charge < -0.3 is 19.5 Å². The van der Waals surface area contributed by atoms with Gasteiger partial charge in [-0.05, 0) is 26.8 Å². The van der Waals surface area contributed by atoms with Crippen LogP contribution in [0.4, 0.5) is 0 Å². The third-order valence-corrected chi connectivity index (χ3v) is 3.25. The van der Waals surface area contributed by atoms with E-state index >= 15 is 0 Å². The molecular weight excluding hydrogens is 272 g/mol. The summed E-state index contributed by atoms with van der Waals surface area (Å²) in [6.07, 6.45) is 0.963. The Morgan fingerprint density at radius 1 is 1.14 bits per heavy atom. The first kappa shape index (κ1) is 20.3. The van der Waals surface area contributed by atoms with Crippen LogP contribution in [0.25, 0.3) is 0 Å². The number of rotatable bonds is 13. The van der Waals surface area contributed by atoms with Crippen LogP contribution >= 0.6 is 0 Å². The van der Waals surface area contributed by atoms with E-state index in [1.165, 1.54) is 0 Å². The highest BCUT2D eigenvalue weighted by molar-refractivity contribution is 5.80. The van der Waals surface area contributed by atoms with Crippen LogP contribution in [0.15, 0.2) is 0 Å². The van der Waals surface area contributed by atoms with Crippen molar-refractivity contribution in [1.29, 1.82) is 0 Å². The summed E-state index contributed by atoms with van der Waals surface area (Å²) >= 11 is 0. The van der Waals surface area contributed by atoms with E-state index in [-0.39, 0.29) is 5.97 Å². The van der Waals surface area contributed by atoms with Crippen molar-refractivity contribution in [3.05, 3.63) is 0 Å². The van der Waals surface area contributed by atoms with Crippen LogP contribution in [-0.2, 0) is 19.0 Å². The van der Waals surface area contributed by atoms with E-state index in [1.54, 1.807) is 14.2 Å². The van der Waals surface area contributed by atoms with Crippen molar-refractivity contribution >= 4 is 5.97 Å². The molecule has 0 fully saturated rings. The fraction of sp³-hybridized carbons (Fsp3) is 0.933. The minimum atomic E-state index is -0.715. The number of ether oxygens (including phenoxy) is 3. The van der Waals surface area contributed by atoms with Crippen molar-refractivity contribution < 1.29 is 19.0 Å². The molecule has 1 unspecified atom stereocenters. The summed E-state index contributed by atoms with van der Waals surface area (Å²) in [5, 5.41) is 3.32. The Bertz CT molecular complexity index is 268. The highest BCUT2D eigenvalue weighted by atomic mass is 16.5. The number of methoxy groups -OCH3 is 2. The van der Waals surface area contributed by atoms with E-state index in [0.717, 1.165) is 26.1 Å². The van der Waals surface area contributed by atoms with Gasteiger partial charge in [-0.15, -0.1) is 0 Å². The summed E-state index contributed by atoms with van der Waals surface area (Å²) in [5.74, 6) is -0.210. The van der Waals surface area contributed by atoms with Crippen LogP contribution in [0.2, 0.25) is 0 Å². The molecule has 0 aromatic heterocycles. The Kier molecular flexibility index (Phi) is 11.5. The number of nitrogens with zero attached hydrogens (tertiary/aromatic N) is 1. The summed E-state index contributed by atoms with van der Waals surface area (Å²) in [7, 11) is 3.35. The van der Waals surface area contributed by atoms with E-state index in [4.69, 9.17) is 14.2 Å². The lowest BCUT2D eigenvalue weighted by Crippen LogP contribution is -2.58. The van der Waals surface area contributed by atoms with Gasteiger partial charge in [-0.3, -0.25) is 9.69 Å². The number of carbonyl (C=O) groups excluding carboxylic acids is 1. The molecule has 0 aromatic rings. The van der Waals surface area contributed by atoms with Gasteiger partial charge in [0.1, 0.15) is 5.54 Å². The Morgan fingerprint density at radius 2 is 1.71 bits per heavy atom. The van der Waals surface area contributed by atoms with Crippen LogP contribution in [-0.4, -0.2) is 76.6 Å². The highest BCUT2D eigenvalue weighted by Crippen LogP contribution is 2.10. The zero-order valence-electron chi connectivity index (χ0n) is 14.2. The molecule has 1 N–H and O–H groups in total. The van der Waals surface area contributed by atoms with Gasteiger partial charge >= 0.3 is 5.97 Å². The molecule has 0 saturated carbocycles. The molecule has 0 aliphatic rings. The molecule has 6 heteroatoms. The maximum Gasteiger partial charge on any atom is 0.327 e. The second-order valence-corrected chi connectivity index (χ2v) is 5.24. The average Bonchev–Trinajstić information content (AvgIpc) is 2.48. The Balaban J connectivity index is 4.79. The summed E-state index contributed by atoms with van der Waals surface area (Å²) < 4.78 is 15.5. The molecule has 1 atom stereocenters. The van der Waals surface area contributed by atoms with Gasteiger partial charge in [0.2, 0.25) is 0 Å². The molecule has 0 aliphatic heterocycles. The largest absolute Gasteiger partial charge is 0.465 e. The molecule has 0 aliphatic carbocycles. The van der Waals surface area contributed by atoms with Crippen molar-refractivity contribution in [2.45, 2.75) is 32.7 Å². The third kappa shape index (κ3) is 8.36. The fourth-order valence-electron chi connectivity index (χ4n) is 2.04. The maximum absolute atomic E-state index is 12.3. The van der Waals surface area contributed by atoms with Gasteiger partial charge in [-0.1, -0.05) is 6.92 Å². The molecule has 0 heterocycles. The summed E-state index contributed by atoms with van der Waals surface area (Å²) in [5.41, 5.74) is -0.715. The van der Waals surface area contributed by atoms with Crippen molar-refractivity contribution in [2.24, 2.45) is 0 Å². The van der Waals surface area contributed by atoms with Crippen molar-refractivity contribution in [2.75, 3.05) is 60.2 Å². The predicted molar refractivity (Wildman–Crippen MR) is 83.5 cm³/mol. The molecule has 0 rings (SSSR count). The lowest BCUT2D eigenvalue weighted by atomic mass is 10.0. The highest BCUT2D eigenvalue weighted by Gasteiger charge is 2.35. The Morgan fingerprint density at radius 3 is 2.14 bits per heavy atom. The third-order valence-electron chi connectivity index (χ3n) is 3.25. The summed E-state index contributed by atoms with van der Waals surface area (Å²) in [6.45, 7) is 10.3. The van der Waals surface area contributed by atoms with Crippen LogP contribution in [0.3, 0.4) is 0 Å². The van der Waals surface area contributed by atoms with Gasteiger partial charge in [0.25, 0.3) is 0 Å². The minimum absolute atomic E-state index is 0.210. The normalized spacial score (nSPS) is 14.2. The van der Waals surface area contributed by atoms with E-state index < -0.39 is 5.54 Å². The van der Waals surface area contributed by atoms with Crippen LogP contribution in [0.5, 0.6) is 0 Å². The van der Waals surface area contributed by atoms with Gasteiger partial charge in [-0.2, -0.15) is 0 Å². The lowest BCUT2D eigenvalue weighted by Gasteiger charge is -2.34. The number of esters is 1. The molecule has 0 spiro atoms. The fourth-order valence-corrected chi connectivity index (χ4v) is 2.04. The number of nitrogens with one attached hydrogen (secondary N) is 1. The monoisotopic (exact) mass is 304 g/mol. The SMILES string of the molecule is CCCNC(C)(CN(CCOC)CCOC)C(=O)OCC. The Labute approximate surface area is 129 Å². The number of hydrogen-bond donors (Lipinski definition) is 1. The minimum Gasteiger partial charge on any atom is -0.465 e. The number of hydrogen-bond acceptors (Lipinski definition) is 6. The maximum atomic E-state index is 12.3. The van der Waals surface area contributed by atoms with Gasteiger partial charge in [0, 0.05) is 33.9 Å². The molecule has 0 radical (unpaired) electrons. The molecular formula is C15H32N2O4. The first-order valence-electron chi connectivity index (χ1n) is 7.66. The smallest absolute Gasteiger partial charge is 0.327 e. The summed E-state index contributed by atoms with van der Waals surface area (Å²) in [4.78, 5) is 14.4. The summed E-state index contributed by atoms with van der Waals surface area (Å²) in [6, 6.07) is 0. The predicted octanol–water partition coefficient (Wildman–Crippen LogP) is 0.903. The second kappa shape index (κ2) is 11.9. The zero-order chi connectivity index (χ0) is 16.1. The van der Waals surface area contributed by atoms with E-state index in [9.17, 15) is 4.79 Å². The molecule has 0 saturated heterocycles. The number of carbonyl (C=O) groups is 1. The standard InChI is InChI=1S/C15H32N2O4/c1-6-8-16-15(3,14(18)21-7-2)13-17(9-11-19-4)10-12-20-5/h16H,6-13H2,1-5H3. The first-order chi connectivity index (χ1) is 10.0. The van der Waals surface area contributed by atoms with Gasteiger partial charge in [0.15, 0.2) is 0 Å². The molecule has 6 nitrogen and oxygen atoms in total. The van der Waals surface area contributed by atoms with Gasteiger partial charge in [0.05, 0.1) is 19.8 Å². The average molecular weight is 304 g/mol. The van der Waals surface area contributed by atoms with Crippen molar-refractivity contribution in [3.63, 3.8) is 0 Å². The van der Waals surface area contributed by atoms with E-state index in [0.29, 0.717) is 26.4 Å². The lowest BCUT2D eigenvalue weighted by molar-refractivity contribution is -0.151. The van der Waals surface area contributed by atoms with E-state index in [2.05, 4.69) is 17.1 Å². The topological polar surface area (TPSA) is 60.0 Å². The molecule has 21 heavy (non-hydrogen) atoms. The van der Waals surface area contributed by atoms with Crippen LogP contribution in [0, 0.1) is 0 Å². The molecule has 0 bridgehead atoms. The molecule has 0 aromatic carbocycles. The van der Waals surface area contributed by atoms with Gasteiger partial charge in [-0.25, -0.2) is 0 Å². The second-order valence-electron chi connectivity index (χ2n) is 5.24. The molecule has 0 amide bonds. The van der Waals surface area contributed by atoms with Crippen LogP contribution in [0.1, 0.15) is 27.2 Å². The Hall–Kier alpha value is -0.690. The van der Waals surface area contributed by atoms with Crippen molar-refractivity contribution in [3.8, 4) is 0 Å². The first-order valence-corrected chi connectivity index (χ1v) is 7.66. The van der Waals surface area contributed by atoms with Crippen LogP contribution < -0.4 is 5.32 Å². The van der Waals surface area contributed by atoms with Crippen molar-refractivity contribution in [1.82, 2.24) is 10.2 Å².